The Kier molecular flexibility index (Phi) is 7.11. The zero-order chi connectivity index (χ0) is 20.1. The number of nitrogens with one attached hydrogen (secondary N) is 1. The standard InChI is InChI=1S/C22H23Cl2NO3/c23-17-6-4-14(5-7-17)8-19(26)12-21-20(16-2-1-3-18(24)11-16)9-15(13-25-21)10-22(27)28/h1-7,11,15,20-21,25H,8-10,12-13H2,(H,27,28)/t15-,20+,21-/m0/s1. The van der Waals surface area contributed by atoms with Gasteiger partial charge in [-0.2, -0.15) is 0 Å². The smallest absolute Gasteiger partial charge is 0.303 e. The maximum Gasteiger partial charge on any atom is 0.303 e. The first-order valence-corrected chi connectivity index (χ1v) is 10.1. The summed E-state index contributed by atoms with van der Waals surface area (Å²) in [6.45, 7) is 0.599. The summed E-state index contributed by atoms with van der Waals surface area (Å²) in [4.78, 5) is 23.8. The molecule has 0 unspecified atom stereocenters. The van der Waals surface area contributed by atoms with E-state index in [1.807, 2.05) is 36.4 Å². The minimum Gasteiger partial charge on any atom is -0.481 e. The van der Waals surface area contributed by atoms with Gasteiger partial charge in [-0.05, 0) is 54.3 Å². The van der Waals surface area contributed by atoms with Crippen LogP contribution in [0.15, 0.2) is 48.5 Å². The molecule has 0 bridgehead atoms. The average molecular weight is 420 g/mol. The Bertz CT molecular complexity index is 838. The first-order chi connectivity index (χ1) is 13.4. The molecule has 1 aliphatic rings. The SMILES string of the molecule is O=C(O)C[C@H]1CN[C@@H](CC(=O)Cc2ccc(Cl)cc2)[C@@H](c2cccc(Cl)c2)C1. The van der Waals surface area contributed by atoms with Gasteiger partial charge in [-0.25, -0.2) is 0 Å². The molecular weight excluding hydrogens is 397 g/mol. The summed E-state index contributed by atoms with van der Waals surface area (Å²) in [7, 11) is 0. The van der Waals surface area contributed by atoms with Crippen molar-refractivity contribution in [1.82, 2.24) is 5.32 Å². The summed E-state index contributed by atoms with van der Waals surface area (Å²) >= 11 is 12.1. The molecule has 0 radical (unpaired) electrons. The van der Waals surface area contributed by atoms with E-state index >= 15 is 0 Å². The number of carbonyl (C=O) groups excluding carboxylic acids is 1. The van der Waals surface area contributed by atoms with E-state index in [1.165, 1.54) is 0 Å². The monoisotopic (exact) mass is 419 g/mol. The molecule has 3 rings (SSSR count). The first kappa shape index (κ1) is 20.8. The summed E-state index contributed by atoms with van der Waals surface area (Å²) in [6.07, 6.45) is 1.59. The number of ketones is 1. The Morgan fingerprint density at radius 1 is 1.04 bits per heavy atom. The van der Waals surface area contributed by atoms with E-state index in [4.69, 9.17) is 28.3 Å². The van der Waals surface area contributed by atoms with Crippen molar-refractivity contribution in [2.75, 3.05) is 6.54 Å². The van der Waals surface area contributed by atoms with Crippen molar-refractivity contribution in [1.29, 1.82) is 0 Å². The summed E-state index contributed by atoms with van der Waals surface area (Å²) in [5.41, 5.74) is 1.98. The van der Waals surface area contributed by atoms with Gasteiger partial charge in [-0.3, -0.25) is 9.59 Å². The van der Waals surface area contributed by atoms with Crippen molar-refractivity contribution < 1.29 is 14.7 Å². The molecule has 1 saturated heterocycles. The van der Waals surface area contributed by atoms with Gasteiger partial charge in [-0.1, -0.05) is 47.5 Å². The molecule has 0 aliphatic carbocycles. The number of carboxylic acid groups (broad SMARTS) is 1. The second-order valence-corrected chi connectivity index (χ2v) is 8.29. The normalized spacial score (nSPS) is 22.0. The number of hydrogen-bond donors (Lipinski definition) is 2. The Hall–Kier alpha value is -1.88. The summed E-state index contributed by atoms with van der Waals surface area (Å²) in [5, 5.41) is 13.9. The number of carbonyl (C=O) groups is 2. The van der Waals surface area contributed by atoms with Crippen LogP contribution < -0.4 is 5.32 Å². The van der Waals surface area contributed by atoms with Crippen LogP contribution in [-0.2, 0) is 16.0 Å². The lowest BCUT2D eigenvalue weighted by Gasteiger charge is -2.37. The molecule has 2 aromatic carbocycles. The molecule has 6 heteroatoms. The highest BCUT2D eigenvalue weighted by molar-refractivity contribution is 6.30. The molecule has 0 aromatic heterocycles. The second-order valence-electron chi connectivity index (χ2n) is 7.42. The lowest BCUT2D eigenvalue weighted by molar-refractivity contribution is -0.138. The summed E-state index contributed by atoms with van der Waals surface area (Å²) in [6, 6.07) is 14.9. The minimum atomic E-state index is -0.797. The molecule has 1 fully saturated rings. The lowest BCUT2D eigenvalue weighted by atomic mass is 9.77. The third-order valence-electron chi connectivity index (χ3n) is 5.24. The highest BCUT2D eigenvalue weighted by atomic mass is 35.5. The number of benzene rings is 2. The predicted molar refractivity (Wildman–Crippen MR) is 111 cm³/mol. The highest BCUT2D eigenvalue weighted by Crippen LogP contribution is 2.35. The van der Waals surface area contributed by atoms with Gasteiger partial charge in [0.15, 0.2) is 0 Å². The minimum absolute atomic E-state index is 0.0316. The van der Waals surface area contributed by atoms with E-state index in [9.17, 15) is 9.59 Å². The van der Waals surface area contributed by atoms with Gasteiger partial charge in [0.2, 0.25) is 0 Å². The first-order valence-electron chi connectivity index (χ1n) is 9.37. The topological polar surface area (TPSA) is 66.4 Å². The number of aliphatic carboxylic acids is 1. The van der Waals surface area contributed by atoms with Gasteiger partial charge in [-0.15, -0.1) is 0 Å². The zero-order valence-electron chi connectivity index (χ0n) is 15.4. The molecule has 1 heterocycles. The number of piperidine rings is 1. The lowest BCUT2D eigenvalue weighted by Crippen LogP contribution is -2.46. The van der Waals surface area contributed by atoms with Crippen molar-refractivity contribution in [2.24, 2.45) is 5.92 Å². The van der Waals surface area contributed by atoms with Crippen LogP contribution in [0.25, 0.3) is 0 Å². The van der Waals surface area contributed by atoms with Crippen LogP contribution in [0.3, 0.4) is 0 Å². The summed E-state index contributed by atoms with van der Waals surface area (Å²) < 4.78 is 0. The van der Waals surface area contributed by atoms with E-state index in [-0.39, 0.29) is 30.1 Å². The summed E-state index contributed by atoms with van der Waals surface area (Å²) in [5.74, 6) is -0.576. The Morgan fingerprint density at radius 3 is 2.46 bits per heavy atom. The number of rotatable bonds is 7. The van der Waals surface area contributed by atoms with Crippen molar-refractivity contribution >= 4 is 35.0 Å². The molecule has 0 saturated carbocycles. The third kappa shape index (κ3) is 5.81. The van der Waals surface area contributed by atoms with Crippen LogP contribution in [0.2, 0.25) is 10.0 Å². The average Bonchev–Trinajstić information content (AvgIpc) is 2.64. The molecule has 2 aromatic rings. The highest BCUT2D eigenvalue weighted by Gasteiger charge is 2.33. The second kappa shape index (κ2) is 9.55. The largest absolute Gasteiger partial charge is 0.481 e. The fourth-order valence-corrected chi connectivity index (χ4v) is 4.26. The van der Waals surface area contributed by atoms with E-state index in [1.54, 1.807) is 12.1 Å². The van der Waals surface area contributed by atoms with Crippen LogP contribution in [0, 0.1) is 5.92 Å². The molecule has 0 amide bonds. The molecule has 0 spiro atoms. The van der Waals surface area contributed by atoms with Crippen LogP contribution in [0.5, 0.6) is 0 Å². The molecule has 4 nitrogen and oxygen atoms in total. The van der Waals surface area contributed by atoms with Gasteiger partial charge in [0.25, 0.3) is 0 Å². The molecule has 3 atom stereocenters. The maximum absolute atomic E-state index is 12.7. The predicted octanol–water partition coefficient (Wildman–Crippen LogP) is 4.73. The number of hydrogen-bond acceptors (Lipinski definition) is 3. The molecule has 28 heavy (non-hydrogen) atoms. The van der Waals surface area contributed by atoms with E-state index < -0.39 is 5.97 Å². The van der Waals surface area contributed by atoms with Crippen molar-refractivity contribution in [3.8, 4) is 0 Å². The molecule has 148 valence electrons. The fraction of sp³-hybridized carbons (Fsp3) is 0.364. The van der Waals surface area contributed by atoms with Gasteiger partial charge in [0.05, 0.1) is 0 Å². The Labute approximate surface area is 174 Å². The molecular formula is C22H23Cl2NO3. The number of carboxylic acids is 1. The van der Waals surface area contributed by atoms with Crippen LogP contribution in [0.1, 0.15) is 36.3 Å². The van der Waals surface area contributed by atoms with Crippen LogP contribution >= 0.6 is 23.2 Å². The van der Waals surface area contributed by atoms with E-state index in [2.05, 4.69) is 5.32 Å². The van der Waals surface area contributed by atoms with Crippen molar-refractivity contribution in [2.45, 2.75) is 37.6 Å². The third-order valence-corrected chi connectivity index (χ3v) is 5.73. The maximum atomic E-state index is 12.7. The quantitative estimate of drug-likeness (QED) is 0.680. The van der Waals surface area contributed by atoms with Crippen molar-refractivity contribution in [3.05, 3.63) is 69.7 Å². The van der Waals surface area contributed by atoms with E-state index in [0.717, 1.165) is 17.5 Å². The van der Waals surface area contributed by atoms with Gasteiger partial charge >= 0.3 is 5.97 Å². The molecule has 2 N–H and O–H groups in total. The fourth-order valence-electron chi connectivity index (χ4n) is 3.94. The zero-order valence-corrected chi connectivity index (χ0v) is 16.9. The Balaban J connectivity index is 1.72. The van der Waals surface area contributed by atoms with Crippen LogP contribution in [-0.4, -0.2) is 29.4 Å². The van der Waals surface area contributed by atoms with Gasteiger partial charge < -0.3 is 10.4 Å². The number of halogens is 2. The van der Waals surface area contributed by atoms with Crippen molar-refractivity contribution in [3.63, 3.8) is 0 Å². The van der Waals surface area contributed by atoms with Crippen LogP contribution in [0.4, 0.5) is 0 Å². The molecule has 1 aliphatic heterocycles. The Morgan fingerprint density at radius 2 is 1.79 bits per heavy atom. The van der Waals surface area contributed by atoms with Gasteiger partial charge in [0, 0.05) is 41.3 Å². The number of Topliss-reactive ketones (excluding diaryl/α,β-unsaturated/α-hetero) is 1. The van der Waals surface area contributed by atoms with E-state index in [0.29, 0.717) is 29.4 Å². The van der Waals surface area contributed by atoms with Gasteiger partial charge in [0.1, 0.15) is 5.78 Å².